The first-order chi connectivity index (χ1) is 10.5. The van der Waals surface area contributed by atoms with Crippen LogP contribution in [0.2, 0.25) is 0 Å². The molecule has 0 aliphatic rings. The second-order valence-corrected chi connectivity index (χ2v) is 7.29. The van der Waals surface area contributed by atoms with E-state index in [-0.39, 0.29) is 12.7 Å². The van der Waals surface area contributed by atoms with Crippen LogP contribution in [-0.4, -0.2) is 34.0 Å². The van der Waals surface area contributed by atoms with Crippen LogP contribution in [0.15, 0.2) is 30.3 Å². The van der Waals surface area contributed by atoms with Crippen molar-refractivity contribution in [3.63, 3.8) is 0 Å². The molecule has 0 N–H and O–H groups in total. The van der Waals surface area contributed by atoms with Gasteiger partial charge < -0.3 is 4.74 Å². The minimum atomic E-state index is -3.29. The summed E-state index contributed by atoms with van der Waals surface area (Å²) in [7, 11) is -3.29. The fourth-order valence-electron chi connectivity index (χ4n) is 2.15. The average Bonchev–Trinajstić information content (AvgIpc) is 2.48. The van der Waals surface area contributed by atoms with Crippen molar-refractivity contribution >= 4 is 10.1 Å². The summed E-state index contributed by atoms with van der Waals surface area (Å²) in [5.74, 6) is 0. The van der Waals surface area contributed by atoms with Crippen LogP contribution in [0.1, 0.15) is 44.6 Å². The van der Waals surface area contributed by atoms with Crippen molar-refractivity contribution in [3.05, 3.63) is 35.9 Å². The minimum Gasteiger partial charge on any atom is -0.378 e. The predicted molar refractivity (Wildman–Crippen MR) is 89.4 cm³/mol. The summed E-state index contributed by atoms with van der Waals surface area (Å²) in [4.78, 5) is 0. The van der Waals surface area contributed by atoms with Gasteiger partial charge in [0, 0.05) is 6.61 Å². The minimum absolute atomic E-state index is 0.272. The summed E-state index contributed by atoms with van der Waals surface area (Å²) in [6.45, 7) is 3.17. The van der Waals surface area contributed by atoms with E-state index >= 15 is 0 Å². The summed E-state index contributed by atoms with van der Waals surface area (Å²) in [5, 5.41) is 0. The fraction of sp³-hybridized carbons (Fsp3) is 0.647. The topological polar surface area (TPSA) is 52.6 Å². The summed E-state index contributed by atoms with van der Waals surface area (Å²) in [5.41, 5.74) is 1.35. The van der Waals surface area contributed by atoms with Crippen molar-refractivity contribution in [2.24, 2.45) is 0 Å². The molecule has 5 heteroatoms. The number of benzene rings is 1. The van der Waals surface area contributed by atoms with Crippen LogP contribution >= 0.6 is 0 Å². The van der Waals surface area contributed by atoms with Gasteiger partial charge in [0.2, 0.25) is 0 Å². The van der Waals surface area contributed by atoms with Crippen molar-refractivity contribution < 1.29 is 17.3 Å². The molecular weight excluding hydrogens is 300 g/mol. The number of ether oxygens (including phenoxy) is 1. The molecule has 1 aromatic rings. The van der Waals surface area contributed by atoms with Gasteiger partial charge >= 0.3 is 0 Å². The maximum absolute atomic E-state index is 10.8. The van der Waals surface area contributed by atoms with E-state index in [1.54, 1.807) is 0 Å². The largest absolute Gasteiger partial charge is 0.378 e. The summed E-state index contributed by atoms with van der Waals surface area (Å²) >= 11 is 0. The molecule has 1 aromatic carbocycles. The number of hydrogen-bond donors (Lipinski definition) is 0. The van der Waals surface area contributed by atoms with Gasteiger partial charge in [0.1, 0.15) is 0 Å². The van der Waals surface area contributed by atoms with Gasteiger partial charge in [-0.1, -0.05) is 43.2 Å². The Morgan fingerprint density at radius 3 is 2.27 bits per heavy atom. The molecule has 1 atom stereocenters. The highest BCUT2D eigenvalue weighted by molar-refractivity contribution is 7.85. The van der Waals surface area contributed by atoms with Gasteiger partial charge in [-0.2, -0.15) is 8.42 Å². The third-order valence-corrected chi connectivity index (χ3v) is 4.02. The molecule has 0 aliphatic heterocycles. The lowest BCUT2D eigenvalue weighted by Crippen LogP contribution is -2.10. The number of aryl methyl sites for hydroxylation is 1. The van der Waals surface area contributed by atoms with Gasteiger partial charge in [0.25, 0.3) is 10.1 Å². The Morgan fingerprint density at radius 1 is 1.00 bits per heavy atom. The number of rotatable bonds is 12. The Kier molecular flexibility index (Phi) is 9.36. The van der Waals surface area contributed by atoms with E-state index in [4.69, 9.17) is 4.74 Å². The Bertz CT molecular complexity index is 485. The van der Waals surface area contributed by atoms with Crippen molar-refractivity contribution in [3.8, 4) is 0 Å². The standard InChI is InChI=1S/C17H28O4S/c1-16(12-13-17-10-6-5-7-11-17)20-14-8-3-4-9-15-21-22(2,18)19/h5-7,10-11,16H,3-4,8-9,12-15H2,1-2H3. The summed E-state index contributed by atoms with van der Waals surface area (Å²) in [6, 6.07) is 10.4. The van der Waals surface area contributed by atoms with Gasteiger partial charge in [-0.05, 0) is 38.2 Å². The lowest BCUT2D eigenvalue weighted by molar-refractivity contribution is 0.0576. The third kappa shape index (κ3) is 10.8. The molecule has 0 radical (unpaired) electrons. The van der Waals surface area contributed by atoms with E-state index < -0.39 is 10.1 Å². The van der Waals surface area contributed by atoms with Crippen LogP contribution < -0.4 is 0 Å². The predicted octanol–water partition coefficient (Wildman–Crippen LogP) is 3.56. The fourth-order valence-corrected chi connectivity index (χ4v) is 2.57. The SMILES string of the molecule is CC(CCc1ccccc1)OCCCCCCOS(C)(=O)=O. The highest BCUT2D eigenvalue weighted by Gasteiger charge is 2.03. The van der Waals surface area contributed by atoms with Crippen molar-refractivity contribution in [1.29, 1.82) is 0 Å². The molecule has 0 heterocycles. The summed E-state index contributed by atoms with van der Waals surface area (Å²) < 4.78 is 32.0. The average molecular weight is 328 g/mol. The second kappa shape index (κ2) is 10.8. The number of hydrogen-bond acceptors (Lipinski definition) is 4. The van der Waals surface area contributed by atoms with Crippen LogP contribution in [0.25, 0.3) is 0 Å². The molecule has 0 spiro atoms. The van der Waals surface area contributed by atoms with Crippen LogP contribution in [-0.2, 0) is 25.5 Å². The van der Waals surface area contributed by atoms with E-state index in [1.807, 2.05) is 6.07 Å². The molecule has 0 saturated heterocycles. The smallest absolute Gasteiger partial charge is 0.264 e. The lowest BCUT2D eigenvalue weighted by Gasteiger charge is -2.13. The zero-order valence-corrected chi connectivity index (χ0v) is 14.5. The van der Waals surface area contributed by atoms with Crippen molar-refractivity contribution in [2.75, 3.05) is 19.5 Å². The zero-order chi connectivity index (χ0) is 16.3. The first-order valence-corrected chi connectivity index (χ1v) is 9.79. The van der Waals surface area contributed by atoms with Crippen LogP contribution in [0.3, 0.4) is 0 Å². The molecule has 0 fully saturated rings. The first-order valence-electron chi connectivity index (χ1n) is 7.97. The molecule has 0 bridgehead atoms. The quantitative estimate of drug-likeness (QED) is 0.435. The molecule has 0 amide bonds. The Morgan fingerprint density at radius 2 is 1.64 bits per heavy atom. The molecule has 22 heavy (non-hydrogen) atoms. The van der Waals surface area contributed by atoms with Crippen molar-refractivity contribution in [1.82, 2.24) is 0 Å². The Labute approximate surface area is 135 Å². The van der Waals surface area contributed by atoms with Crippen LogP contribution in [0.4, 0.5) is 0 Å². The maximum atomic E-state index is 10.8. The van der Waals surface area contributed by atoms with E-state index in [9.17, 15) is 8.42 Å². The molecular formula is C17H28O4S. The van der Waals surface area contributed by atoms with E-state index in [2.05, 4.69) is 35.4 Å². The number of unbranched alkanes of at least 4 members (excludes halogenated alkanes) is 3. The van der Waals surface area contributed by atoms with Crippen molar-refractivity contribution in [2.45, 2.75) is 51.6 Å². The molecule has 0 aromatic heterocycles. The van der Waals surface area contributed by atoms with E-state index in [0.717, 1.165) is 51.4 Å². The first kappa shape index (κ1) is 19.1. The van der Waals surface area contributed by atoms with Gasteiger partial charge in [0.15, 0.2) is 0 Å². The molecule has 1 unspecified atom stereocenters. The molecule has 1 rings (SSSR count). The molecule has 0 aliphatic carbocycles. The van der Waals surface area contributed by atoms with Gasteiger partial charge in [-0.15, -0.1) is 0 Å². The van der Waals surface area contributed by atoms with Crippen LogP contribution in [0.5, 0.6) is 0 Å². The second-order valence-electron chi connectivity index (χ2n) is 5.65. The van der Waals surface area contributed by atoms with Gasteiger partial charge in [-0.3, -0.25) is 4.18 Å². The van der Waals surface area contributed by atoms with E-state index in [1.165, 1.54) is 5.56 Å². The highest BCUT2D eigenvalue weighted by atomic mass is 32.2. The normalized spacial score (nSPS) is 13.2. The van der Waals surface area contributed by atoms with Gasteiger partial charge in [0.05, 0.1) is 19.0 Å². The molecule has 0 saturated carbocycles. The monoisotopic (exact) mass is 328 g/mol. The lowest BCUT2D eigenvalue weighted by atomic mass is 10.1. The molecule has 4 nitrogen and oxygen atoms in total. The maximum Gasteiger partial charge on any atom is 0.264 e. The molecule has 126 valence electrons. The summed E-state index contributed by atoms with van der Waals surface area (Å²) in [6.07, 6.45) is 7.23. The highest BCUT2D eigenvalue weighted by Crippen LogP contribution is 2.08. The van der Waals surface area contributed by atoms with E-state index in [0.29, 0.717) is 0 Å². The Balaban J connectivity index is 1.94. The van der Waals surface area contributed by atoms with Crippen LogP contribution in [0, 0.1) is 0 Å². The third-order valence-electron chi connectivity index (χ3n) is 3.42. The van der Waals surface area contributed by atoms with Gasteiger partial charge in [-0.25, -0.2) is 0 Å². The zero-order valence-electron chi connectivity index (χ0n) is 13.7. The Hall–Kier alpha value is -0.910.